The maximum atomic E-state index is 11.9. The molecule has 2 aromatic carbocycles. The number of amides is 1. The average Bonchev–Trinajstić information content (AvgIpc) is 2.77. The van der Waals surface area contributed by atoms with E-state index in [1.165, 1.54) is 11.1 Å². The first-order chi connectivity index (χ1) is 14.3. The van der Waals surface area contributed by atoms with E-state index < -0.39 is 0 Å². The Bertz CT molecular complexity index is 676. The molecule has 0 saturated carbocycles. The van der Waals surface area contributed by atoms with Crippen LogP contribution >= 0.6 is 0 Å². The molecule has 1 amide bonds. The minimum Gasteiger partial charge on any atom is -0.367 e. The number of benzene rings is 2. The van der Waals surface area contributed by atoms with E-state index in [1.54, 1.807) is 0 Å². The molecule has 0 bridgehead atoms. The molecule has 1 fully saturated rings. The van der Waals surface area contributed by atoms with E-state index in [2.05, 4.69) is 70.6 Å². The Morgan fingerprint density at radius 1 is 0.931 bits per heavy atom. The fourth-order valence-corrected chi connectivity index (χ4v) is 3.63. The van der Waals surface area contributed by atoms with Gasteiger partial charge in [-0.05, 0) is 17.5 Å². The van der Waals surface area contributed by atoms with E-state index in [0.29, 0.717) is 13.2 Å². The maximum absolute atomic E-state index is 11.9. The van der Waals surface area contributed by atoms with E-state index >= 15 is 0 Å². The number of nitrogens with zero attached hydrogens (tertiary/aromatic N) is 2. The summed E-state index contributed by atoms with van der Waals surface area (Å²) >= 11 is 0. The van der Waals surface area contributed by atoms with Gasteiger partial charge in [-0.15, -0.1) is 0 Å². The van der Waals surface area contributed by atoms with Gasteiger partial charge in [0.1, 0.15) is 6.10 Å². The molecular formula is C24H33N3O2. The molecule has 2 aromatic rings. The SMILES string of the molecule is CCCNC(=O)CN1CCN(CCOC(c2ccccc2)c2ccccc2)CC1. The monoisotopic (exact) mass is 395 g/mol. The van der Waals surface area contributed by atoms with Gasteiger partial charge >= 0.3 is 0 Å². The molecule has 5 nitrogen and oxygen atoms in total. The van der Waals surface area contributed by atoms with Crippen molar-refractivity contribution in [3.05, 3.63) is 71.8 Å². The lowest BCUT2D eigenvalue weighted by Gasteiger charge is -2.34. The third kappa shape index (κ3) is 6.96. The minimum absolute atomic E-state index is 0.0408. The highest BCUT2D eigenvalue weighted by Gasteiger charge is 2.20. The zero-order chi connectivity index (χ0) is 20.3. The normalized spacial score (nSPS) is 15.5. The molecular weight excluding hydrogens is 362 g/mol. The van der Waals surface area contributed by atoms with Gasteiger partial charge in [-0.2, -0.15) is 0 Å². The Morgan fingerprint density at radius 2 is 1.48 bits per heavy atom. The summed E-state index contributed by atoms with van der Waals surface area (Å²) in [7, 11) is 0. The van der Waals surface area contributed by atoms with Gasteiger partial charge in [0, 0.05) is 39.3 Å². The number of hydrogen-bond donors (Lipinski definition) is 1. The fourth-order valence-electron chi connectivity index (χ4n) is 3.63. The van der Waals surface area contributed by atoms with Crippen LogP contribution in [0.5, 0.6) is 0 Å². The lowest BCUT2D eigenvalue weighted by molar-refractivity contribution is -0.122. The molecule has 1 heterocycles. The average molecular weight is 396 g/mol. The first kappa shape index (κ1) is 21.5. The molecule has 0 spiro atoms. The highest BCUT2D eigenvalue weighted by molar-refractivity contribution is 5.77. The van der Waals surface area contributed by atoms with Gasteiger partial charge < -0.3 is 10.1 Å². The first-order valence-electron chi connectivity index (χ1n) is 10.7. The summed E-state index contributed by atoms with van der Waals surface area (Å²) < 4.78 is 6.33. The number of hydrogen-bond acceptors (Lipinski definition) is 4. The highest BCUT2D eigenvalue weighted by atomic mass is 16.5. The summed E-state index contributed by atoms with van der Waals surface area (Å²) in [5, 5.41) is 2.95. The molecule has 1 aliphatic heterocycles. The van der Waals surface area contributed by atoms with Crippen molar-refractivity contribution in [3.8, 4) is 0 Å². The predicted molar refractivity (Wildman–Crippen MR) is 117 cm³/mol. The second kappa shape index (κ2) is 11.7. The van der Waals surface area contributed by atoms with Crippen molar-refractivity contribution in [2.24, 2.45) is 0 Å². The van der Waals surface area contributed by atoms with E-state index in [1.807, 2.05) is 12.1 Å². The van der Waals surface area contributed by atoms with Crippen LogP contribution in [0.1, 0.15) is 30.6 Å². The van der Waals surface area contributed by atoms with Gasteiger partial charge in [0.25, 0.3) is 0 Å². The van der Waals surface area contributed by atoms with Crippen molar-refractivity contribution in [2.45, 2.75) is 19.4 Å². The number of piperazine rings is 1. The molecule has 3 rings (SSSR count). The van der Waals surface area contributed by atoms with Crippen molar-refractivity contribution in [3.63, 3.8) is 0 Å². The van der Waals surface area contributed by atoms with Crippen LogP contribution in [0, 0.1) is 0 Å². The molecule has 1 aliphatic rings. The molecule has 29 heavy (non-hydrogen) atoms. The van der Waals surface area contributed by atoms with Gasteiger partial charge in [-0.1, -0.05) is 67.6 Å². The molecule has 1 saturated heterocycles. The van der Waals surface area contributed by atoms with Gasteiger partial charge in [0.2, 0.25) is 5.91 Å². The summed E-state index contributed by atoms with van der Waals surface area (Å²) in [6.45, 7) is 8.76. The second-order valence-electron chi connectivity index (χ2n) is 7.54. The maximum Gasteiger partial charge on any atom is 0.234 e. The molecule has 5 heteroatoms. The standard InChI is InChI=1S/C24H33N3O2/c1-2-13-25-23(28)20-27-16-14-26(15-17-27)18-19-29-24(21-9-5-3-6-10-21)22-11-7-4-8-12-22/h3-12,24H,2,13-20H2,1H3,(H,25,28). The van der Waals surface area contributed by atoms with Crippen LogP contribution in [0.15, 0.2) is 60.7 Å². The molecule has 0 atom stereocenters. The molecule has 156 valence electrons. The lowest BCUT2D eigenvalue weighted by atomic mass is 10.0. The van der Waals surface area contributed by atoms with Crippen LogP contribution in [-0.4, -0.2) is 68.1 Å². The lowest BCUT2D eigenvalue weighted by Crippen LogP contribution is -2.50. The first-order valence-corrected chi connectivity index (χ1v) is 10.7. The van der Waals surface area contributed by atoms with E-state index in [9.17, 15) is 4.79 Å². The largest absolute Gasteiger partial charge is 0.367 e. The highest BCUT2D eigenvalue weighted by Crippen LogP contribution is 2.25. The van der Waals surface area contributed by atoms with Gasteiger partial charge in [-0.3, -0.25) is 14.6 Å². The number of nitrogens with one attached hydrogen (secondary N) is 1. The summed E-state index contributed by atoms with van der Waals surface area (Å²) in [5.74, 6) is 0.136. The van der Waals surface area contributed by atoms with Crippen LogP contribution in [0.3, 0.4) is 0 Å². The van der Waals surface area contributed by atoms with Crippen molar-refractivity contribution < 1.29 is 9.53 Å². The molecule has 0 aliphatic carbocycles. The van der Waals surface area contributed by atoms with Gasteiger partial charge in [0.15, 0.2) is 0 Å². The smallest absolute Gasteiger partial charge is 0.234 e. The summed E-state index contributed by atoms with van der Waals surface area (Å²) in [4.78, 5) is 16.5. The van der Waals surface area contributed by atoms with E-state index in [4.69, 9.17) is 4.74 Å². The Balaban J connectivity index is 1.44. The van der Waals surface area contributed by atoms with E-state index in [0.717, 1.165) is 45.7 Å². The number of carbonyl (C=O) groups is 1. The van der Waals surface area contributed by atoms with Crippen molar-refractivity contribution in [2.75, 3.05) is 52.4 Å². The summed E-state index contributed by atoms with van der Waals surface area (Å²) in [6, 6.07) is 20.8. The Labute approximate surface area is 174 Å². The molecule has 0 unspecified atom stereocenters. The number of ether oxygens (including phenoxy) is 1. The third-order valence-corrected chi connectivity index (χ3v) is 5.30. The summed E-state index contributed by atoms with van der Waals surface area (Å²) in [6.07, 6.45) is 0.938. The number of rotatable bonds is 10. The topological polar surface area (TPSA) is 44.8 Å². The summed E-state index contributed by atoms with van der Waals surface area (Å²) in [5.41, 5.74) is 2.36. The van der Waals surface area contributed by atoms with Crippen LogP contribution in [0.2, 0.25) is 0 Å². The molecule has 0 radical (unpaired) electrons. The quantitative estimate of drug-likeness (QED) is 0.672. The Morgan fingerprint density at radius 3 is 2.03 bits per heavy atom. The number of carbonyl (C=O) groups excluding carboxylic acids is 1. The van der Waals surface area contributed by atoms with Crippen LogP contribution in [-0.2, 0) is 9.53 Å². The Hall–Kier alpha value is -2.21. The minimum atomic E-state index is -0.0408. The van der Waals surface area contributed by atoms with E-state index in [-0.39, 0.29) is 12.0 Å². The van der Waals surface area contributed by atoms with Crippen LogP contribution < -0.4 is 5.32 Å². The third-order valence-electron chi connectivity index (χ3n) is 5.30. The van der Waals surface area contributed by atoms with Crippen molar-refractivity contribution in [1.82, 2.24) is 15.1 Å². The van der Waals surface area contributed by atoms with Crippen LogP contribution in [0.4, 0.5) is 0 Å². The van der Waals surface area contributed by atoms with Gasteiger partial charge in [-0.25, -0.2) is 0 Å². The molecule has 1 N–H and O–H groups in total. The second-order valence-corrected chi connectivity index (χ2v) is 7.54. The van der Waals surface area contributed by atoms with Crippen LogP contribution in [0.25, 0.3) is 0 Å². The Kier molecular flexibility index (Phi) is 8.68. The zero-order valence-corrected chi connectivity index (χ0v) is 17.4. The van der Waals surface area contributed by atoms with Gasteiger partial charge in [0.05, 0.1) is 13.2 Å². The molecule has 0 aromatic heterocycles. The fraction of sp³-hybridized carbons (Fsp3) is 0.458. The predicted octanol–water partition coefficient (Wildman–Crippen LogP) is 2.94. The zero-order valence-electron chi connectivity index (χ0n) is 17.4. The van der Waals surface area contributed by atoms with Crippen molar-refractivity contribution in [1.29, 1.82) is 0 Å². The van der Waals surface area contributed by atoms with Crippen molar-refractivity contribution >= 4 is 5.91 Å².